The maximum Gasteiger partial charge on any atom is 0.191 e. The van der Waals surface area contributed by atoms with E-state index >= 15 is 0 Å². The van der Waals surface area contributed by atoms with E-state index in [0.717, 1.165) is 24.7 Å². The molecular formula is C19H38N6. The molecule has 0 spiro atoms. The Bertz CT molecular complexity index is 518. The van der Waals surface area contributed by atoms with Gasteiger partial charge in [0.05, 0.1) is 12.2 Å². The SMILES string of the molecule is CCNC(=NCc1c(C)nn(C)c1C)NCCCCCCCN(C)C. The minimum atomic E-state index is 0.672. The highest BCUT2D eigenvalue weighted by atomic mass is 15.3. The lowest BCUT2D eigenvalue weighted by Gasteiger charge is -2.12. The van der Waals surface area contributed by atoms with Gasteiger partial charge in [0.1, 0.15) is 0 Å². The molecule has 0 saturated carbocycles. The van der Waals surface area contributed by atoms with Gasteiger partial charge in [-0.1, -0.05) is 19.3 Å². The molecule has 6 heteroatoms. The highest BCUT2D eigenvalue weighted by Gasteiger charge is 2.08. The number of guanidine groups is 1. The molecule has 144 valence electrons. The average molecular weight is 351 g/mol. The van der Waals surface area contributed by atoms with Crippen molar-refractivity contribution in [3.63, 3.8) is 0 Å². The van der Waals surface area contributed by atoms with Gasteiger partial charge in [0.15, 0.2) is 5.96 Å². The van der Waals surface area contributed by atoms with Crippen LogP contribution in [0.3, 0.4) is 0 Å². The zero-order valence-corrected chi connectivity index (χ0v) is 17.2. The molecule has 0 saturated heterocycles. The summed E-state index contributed by atoms with van der Waals surface area (Å²) in [6.45, 7) is 9.97. The molecule has 1 rings (SSSR count). The van der Waals surface area contributed by atoms with Gasteiger partial charge in [0.2, 0.25) is 0 Å². The van der Waals surface area contributed by atoms with Gasteiger partial charge < -0.3 is 15.5 Å². The van der Waals surface area contributed by atoms with Crippen molar-refractivity contribution in [2.24, 2.45) is 12.0 Å². The Labute approximate surface area is 154 Å². The van der Waals surface area contributed by atoms with Crippen LogP contribution in [0.25, 0.3) is 0 Å². The zero-order chi connectivity index (χ0) is 18.7. The molecule has 0 aliphatic heterocycles. The van der Waals surface area contributed by atoms with Crippen molar-refractivity contribution in [3.8, 4) is 0 Å². The third-order valence-corrected chi connectivity index (χ3v) is 4.47. The molecule has 2 N–H and O–H groups in total. The van der Waals surface area contributed by atoms with E-state index in [4.69, 9.17) is 4.99 Å². The van der Waals surface area contributed by atoms with E-state index in [2.05, 4.69) is 55.5 Å². The van der Waals surface area contributed by atoms with Gasteiger partial charge in [-0.3, -0.25) is 4.68 Å². The highest BCUT2D eigenvalue weighted by Crippen LogP contribution is 2.12. The van der Waals surface area contributed by atoms with Crippen LogP contribution in [0.1, 0.15) is 56.0 Å². The molecule has 0 fully saturated rings. The van der Waals surface area contributed by atoms with Crippen LogP contribution >= 0.6 is 0 Å². The molecule has 1 aromatic rings. The maximum atomic E-state index is 4.72. The summed E-state index contributed by atoms with van der Waals surface area (Å²) >= 11 is 0. The van der Waals surface area contributed by atoms with Gasteiger partial charge in [-0.15, -0.1) is 0 Å². The van der Waals surface area contributed by atoms with Crippen LogP contribution in [-0.4, -0.2) is 54.4 Å². The summed E-state index contributed by atoms with van der Waals surface area (Å²) in [5, 5.41) is 11.2. The molecule has 0 amide bonds. The van der Waals surface area contributed by atoms with Gasteiger partial charge in [-0.05, 0) is 54.3 Å². The largest absolute Gasteiger partial charge is 0.357 e. The number of rotatable bonds is 11. The number of nitrogens with one attached hydrogen (secondary N) is 2. The minimum Gasteiger partial charge on any atom is -0.357 e. The first-order chi connectivity index (χ1) is 12.0. The fraction of sp³-hybridized carbons (Fsp3) is 0.789. The highest BCUT2D eigenvalue weighted by molar-refractivity contribution is 5.79. The zero-order valence-electron chi connectivity index (χ0n) is 17.2. The normalized spacial score (nSPS) is 12.0. The van der Waals surface area contributed by atoms with Crippen LogP contribution in [0, 0.1) is 13.8 Å². The van der Waals surface area contributed by atoms with Crippen molar-refractivity contribution >= 4 is 5.96 Å². The third-order valence-electron chi connectivity index (χ3n) is 4.47. The Morgan fingerprint density at radius 3 is 2.36 bits per heavy atom. The smallest absolute Gasteiger partial charge is 0.191 e. The summed E-state index contributed by atoms with van der Waals surface area (Å²) in [7, 11) is 6.26. The van der Waals surface area contributed by atoms with Gasteiger partial charge in [-0.25, -0.2) is 4.99 Å². The Morgan fingerprint density at radius 2 is 1.76 bits per heavy atom. The standard InChI is InChI=1S/C19H38N6/c1-7-20-19(21-13-11-9-8-10-12-14-24(4)5)22-15-18-16(2)23-25(6)17(18)3/h7-15H2,1-6H3,(H2,20,21,22). The maximum absolute atomic E-state index is 4.72. The average Bonchev–Trinajstić information content (AvgIpc) is 2.80. The fourth-order valence-corrected chi connectivity index (χ4v) is 2.84. The van der Waals surface area contributed by atoms with Crippen LogP contribution in [-0.2, 0) is 13.6 Å². The van der Waals surface area contributed by atoms with Crippen LogP contribution in [0.4, 0.5) is 0 Å². The molecule has 0 radical (unpaired) electrons. The van der Waals surface area contributed by atoms with Gasteiger partial charge in [0, 0.05) is 31.4 Å². The Hall–Kier alpha value is -1.56. The monoisotopic (exact) mass is 350 g/mol. The van der Waals surface area contributed by atoms with Crippen molar-refractivity contribution in [2.45, 2.75) is 59.4 Å². The molecule has 0 bridgehead atoms. The second-order valence-electron chi connectivity index (χ2n) is 6.97. The van der Waals surface area contributed by atoms with E-state index in [1.807, 2.05) is 11.7 Å². The van der Waals surface area contributed by atoms with E-state index < -0.39 is 0 Å². The predicted octanol–water partition coefficient (Wildman–Crippen LogP) is 2.60. The van der Waals surface area contributed by atoms with E-state index in [-0.39, 0.29) is 0 Å². The molecular weight excluding hydrogens is 312 g/mol. The first kappa shape index (κ1) is 21.5. The number of hydrogen-bond donors (Lipinski definition) is 2. The summed E-state index contributed by atoms with van der Waals surface area (Å²) in [6.07, 6.45) is 6.41. The lowest BCUT2D eigenvalue weighted by molar-refractivity contribution is 0.389. The summed E-state index contributed by atoms with van der Waals surface area (Å²) in [4.78, 5) is 6.98. The first-order valence-electron chi connectivity index (χ1n) is 9.61. The number of aliphatic imine (C=N–C) groups is 1. The summed E-state index contributed by atoms with van der Waals surface area (Å²) < 4.78 is 1.93. The number of aryl methyl sites for hydroxylation is 2. The Morgan fingerprint density at radius 1 is 1.08 bits per heavy atom. The van der Waals surface area contributed by atoms with Crippen molar-refractivity contribution in [2.75, 3.05) is 33.7 Å². The predicted molar refractivity (Wildman–Crippen MR) is 107 cm³/mol. The molecule has 25 heavy (non-hydrogen) atoms. The van der Waals surface area contributed by atoms with Crippen LogP contribution < -0.4 is 10.6 Å². The molecule has 0 aliphatic rings. The van der Waals surface area contributed by atoms with Crippen LogP contribution in [0.2, 0.25) is 0 Å². The summed E-state index contributed by atoms with van der Waals surface area (Å²) in [5.74, 6) is 0.901. The van der Waals surface area contributed by atoms with Crippen LogP contribution in [0.5, 0.6) is 0 Å². The number of unbranched alkanes of at least 4 members (excludes halogenated alkanes) is 4. The van der Waals surface area contributed by atoms with Gasteiger partial charge in [0.25, 0.3) is 0 Å². The van der Waals surface area contributed by atoms with Crippen molar-refractivity contribution < 1.29 is 0 Å². The Balaban J connectivity index is 2.31. The lowest BCUT2D eigenvalue weighted by atomic mass is 10.1. The van der Waals surface area contributed by atoms with Gasteiger partial charge in [-0.2, -0.15) is 5.10 Å². The second-order valence-corrected chi connectivity index (χ2v) is 6.97. The Kier molecular flexibility index (Phi) is 10.2. The van der Waals surface area contributed by atoms with E-state index in [1.54, 1.807) is 0 Å². The first-order valence-corrected chi connectivity index (χ1v) is 9.61. The van der Waals surface area contributed by atoms with Crippen molar-refractivity contribution in [1.82, 2.24) is 25.3 Å². The van der Waals surface area contributed by atoms with E-state index in [0.29, 0.717) is 6.54 Å². The number of aromatic nitrogens is 2. The fourth-order valence-electron chi connectivity index (χ4n) is 2.84. The number of hydrogen-bond acceptors (Lipinski definition) is 3. The summed E-state index contributed by atoms with van der Waals surface area (Å²) in [6, 6.07) is 0. The van der Waals surface area contributed by atoms with E-state index in [1.165, 1.54) is 49.9 Å². The lowest BCUT2D eigenvalue weighted by Crippen LogP contribution is -2.37. The number of nitrogens with zero attached hydrogens (tertiary/aromatic N) is 4. The molecule has 1 heterocycles. The minimum absolute atomic E-state index is 0.672. The quantitative estimate of drug-likeness (QED) is 0.366. The molecule has 0 aromatic carbocycles. The molecule has 0 aliphatic carbocycles. The van der Waals surface area contributed by atoms with Crippen molar-refractivity contribution in [1.29, 1.82) is 0 Å². The molecule has 6 nitrogen and oxygen atoms in total. The van der Waals surface area contributed by atoms with Crippen molar-refractivity contribution in [3.05, 3.63) is 17.0 Å². The van der Waals surface area contributed by atoms with Crippen LogP contribution in [0.15, 0.2) is 4.99 Å². The van der Waals surface area contributed by atoms with Gasteiger partial charge >= 0.3 is 0 Å². The topological polar surface area (TPSA) is 57.5 Å². The second kappa shape index (κ2) is 11.9. The third kappa shape index (κ3) is 8.38. The molecule has 0 unspecified atom stereocenters. The molecule has 0 atom stereocenters. The molecule has 1 aromatic heterocycles. The van der Waals surface area contributed by atoms with E-state index in [9.17, 15) is 0 Å². The summed E-state index contributed by atoms with van der Waals surface area (Å²) in [5.41, 5.74) is 3.48.